The number of benzene rings is 2. The highest BCUT2D eigenvalue weighted by Crippen LogP contribution is 2.28. The molecule has 1 aromatic heterocycles. The quantitative estimate of drug-likeness (QED) is 0.621. The highest BCUT2D eigenvalue weighted by Gasteiger charge is 2.25. The molecule has 4 rings (SSSR count). The van der Waals surface area contributed by atoms with E-state index in [0.717, 1.165) is 38.4 Å². The number of pyridine rings is 1. The molecule has 3 aromatic rings. The van der Waals surface area contributed by atoms with Crippen LogP contribution in [0.3, 0.4) is 0 Å². The molecule has 29 heavy (non-hydrogen) atoms. The lowest BCUT2D eigenvalue weighted by Gasteiger charge is -2.29. The molecule has 0 N–H and O–H groups in total. The summed E-state index contributed by atoms with van der Waals surface area (Å²) in [6.45, 7) is 1.53. The molecule has 1 saturated heterocycles. The number of piperidine rings is 1. The SMILES string of the molecule is Cn1cc(S(=O)(=O)c2ccc(Cl)cc2)c(=O)c2cc(F)c(N3CCCCC3)cc21. The van der Waals surface area contributed by atoms with E-state index in [2.05, 4.69) is 0 Å². The number of halogens is 2. The molecule has 0 spiro atoms. The molecule has 0 bridgehead atoms. The molecule has 2 heterocycles. The van der Waals surface area contributed by atoms with E-state index in [9.17, 15) is 17.6 Å². The Labute approximate surface area is 173 Å². The van der Waals surface area contributed by atoms with Gasteiger partial charge < -0.3 is 9.47 Å². The van der Waals surface area contributed by atoms with Crippen LogP contribution in [0.5, 0.6) is 0 Å². The smallest absolute Gasteiger partial charge is 0.211 e. The topological polar surface area (TPSA) is 59.4 Å². The molecule has 1 aliphatic heterocycles. The summed E-state index contributed by atoms with van der Waals surface area (Å²) in [6.07, 6.45) is 4.41. The number of hydrogen-bond donors (Lipinski definition) is 0. The largest absolute Gasteiger partial charge is 0.369 e. The first-order chi connectivity index (χ1) is 13.8. The number of aryl methyl sites for hydroxylation is 1. The van der Waals surface area contributed by atoms with Gasteiger partial charge in [0.2, 0.25) is 15.3 Å². The molecule has 1 fully saturated rings. The van der Waals surface area contributed by atoms with Crippen molar-refractivity contribution in [1.29, 1.82) is 0 Å². The van der Waals surface area contributed by atoms with E-state index < -0.39 is 21.1 Å². The Kier molecular flexibility index (Phi) is 5.12. The molecule has 0 aliphatic carbocycles. The first kappa shape index (κ1) is 19.9. The van der Waals surface area contributed by atoms with Gasteiger partial charge in [-0.25, -0.2) is 12.8 Å². The summed E-state index contributed by atoms with van der Waals surface area (Å²) in [7, 11) is -2.42. The molecular weight excluding hydrogens is 415 g/mol. The van der Waals surface area contributed by atoms with Gasteiger partial charge in [-0.2, -0.15) is 0 Å². The molecule has 2 aromatic carbocycles. The van der Waals surface area contributed by atoms with Crippen molar-refractivity contribution in [3.63, 3.8) is 0 Å². The fourth-order valence-corrected chi connectivity index (χ4v) is 5.30. The monoisotopic (exact) mass is 434 g/mol. The average molecular weight is 435 g/mol. The van der Waals surface area contributed by atoms with Gasteiger partial charge in [0.05, 0.1) is 21.5 Å². The van der Waals surface area contributed by atoms with E-state index in [1.165, 1.54) is 30.5 Å². The minimum atomic E-state index is -4.07. The van der Waals surface area contributed by atoms with Crippen molar-refractivity contribution in [2.75, 3.05) is 18.0 Å². The van der Waals surface area contributed by atoms with E-state index in [1.807, 2.05) is 4.90 Å². The lowest BCUT2D eigenvalue weighted by Crippen LogP contribution is -2.30. The second-order valence-electron chi connectivity index (χ2n) is 7.26. The Balaban J connectivity index is 1.89. The van der Waals surface area contributed by atoms with Crippen molar-refractivity contribution in [2.24, 2.45) is 7.05 Å². The number of hydrogen-bond acceptors (Lipinski definition) is 4. The van der Waals surface area contributed by atoms with E-state index in [-0.39, 0.29) is 15.2 Å². The molecule has 1 aliphatic rings. The minimum absolute atomic E-state index is 0.0382. The predicted octanol–water partition coefficient (Wildman–Crippen LogP) is 4.15. The third kappa shape index (κ3) is 3.53. The summed E-state index contributed by atoms with van der Waals surface area (Å²) in [4.78, 5) is 14.6. The Bertz CT molecular complexity index is 1250. The fourth-order valence-electron chi connectivity index (χ4n) is 3.77. The van der Waals surface area contributed by atoms with Crippen LogP contribution < -0.4 is 10.3 Å². The maximum absolute atomic E-state index is 14.9. The van der Waals surface area contributed by atoms with Crippen molar-refractivity contribution in [3.8, 4) is 0 Å². The van der Waals surface area contributed by atoms with Gasteiger partial charge in [0.25, 0.3) is 0 Å². The van der Waals surface area contributed by atoms with Crippen molar-refractivity contribution in [2.45, 2.75) is 29.1 Å². The van der Waals surface area contributed by atoms with Crippen LogP contribution in [-0.2, 0) is 16.9 Å². The van der Waals surface area contributed by atoms with Crippen LogP contribution in [0.4, 0.5) is 10.1 Å². The number of fused-ring (bicyclic) bond motifs is 1. The van der Waals surface area contributed by atoms with E-state index in [0.29, 0.717) is 16.2 Å². The second-order valence-corrected chi connectivity index (χ2v) is 9.61. The van der Waals surface area contributed by atoms with Crippen LogP contribution in [-0.4, -0.2) is 26.1 Å². The van der Waals surface area contributed by atoms with Crippen LogP contribution in [0.15, 0.2) is 57.2 Å². The highest BCUT2D eigenvalue weighted by atomic mass is 35.5. The second kappa shape index (κ2) is 7.46. The van der Waals surface area contributed by atoms with Crippen molar-refractivity contribution < 1.29 is 12.8 Å². The standard InChI is InChI=1S/C21H20ClFN2O3S/c1-24-13-20(29(27,28)15-7-5-14(22)6-8-15)21(26)16-11-17(23)19(12-18(16)24)25-9-3-2-4-10-25/h5-8,11-13H,2-4,9-10H2,1H3. The van der Waals surface area contributed by atoms with Gasteiger partial charge in [-0.3, -0.25) is 4.79 Å². The molecule has 0 radical (unpaired) electrons. The Morgan fingerprint density at radius 3 is 2.34 bits per heavy atom. The van der Waals surface area contributed by atoms with Crippen molar-refractivity contribution in [3.05, 3.63) is 63.7 Å². The van der Waals surface area contributed by atoms with E-state index in [1.54, 1.807) is 17.7 Å². The molecule has 0 amide bonds. The number of rotatable bonds is 3. The van der Waals surface area contributed by atoms with Crippen LogP contribution >= 0.6 is 11.6 Å². The maximum atomic E-state index is 14.9. The lowest BCUT2D eigenvalue weighted by molar-refractivity contribution is 0.557. The third-order valence-corrected chi connectivity index (χ3v) is 7.35. The molecule has 152 valence electrons. The van der Waals surface area contributed by atoms with Gasteiger partial charge in [-0.1, -0.05) is 11.6 Å². The zero-order chi connectivity index (χ0) is 20.8. The predicted molar refractivity (Wildman–Crippen MR) is 112 cm³/mol. The van der Waals surface area contributed by atoms with Gasteiger partial charge in [0, 0.05) is 31.4 Å². The molecule has 8 heteroatoms. The normalized spacial score (nSPS) is 15.1. The highest BCUT2D eigenvalue weighted by molar-refractivity contribution is 7.91. The fraction of sp³-hybridized carbons (Fsp3) is 0.286. The zero-order valence-electron chi connectivity index (χ0n) is 15.9. The molecular formula is C21H20ClFN2O3S. The van der Waals surface area contributed by atoms with E-state index in [4.69, 9.17) is 11.6 Å². The number of sulfone groups is 1. The Hall–Kier alpha value is -2.38. The summed E-state index contributed by atoms with van der Waals surface area (Å²) >= 11 is 5.83. The minimum Gasteiger partial charge on any atom is -0.369 e. The number of anilines is 1. The third-order valence-electron chi connectivity index (χ3n) is 5.33. The van der Waals surface area contributed by atoms with Gasteiger partial charge in [-0.05, 0) is 55.7 Å². The van der Waals surface area contributed by atoms with Crippen LogP contribution in [0, 0.1) is 5.82 Å². The van der Waals surface area contributed by atoms with Crippen LogP contribution in [0.1, 0.15) is 19.3 Å². The Morgan fingerprint density at radius 2 is 1.69 bits per heavy atom. The lowest BCUT2D eigenvalue weighted by atomic mass is 10.1. The zero-order valence-corrected chi connectivity index (χ0v) is 17.4. The van der Waals surface area contributed by atoms with Crippen molar-refractivity contribution >= 4 is 38.0 Å². The maximum Gasteiger partial charge on any atom is 0.211 e. The molecule has 0 atom stereocenters. The summed E-state index contributed by atoms with van der Waals surface area (Å²) < 4.78 is 42.4. The van der Waals surface area contributed by atoms with Gasteiger partial charge in [0.15, 0.2) is 0 Å². The summed E-state index contributed by atoms with van der Waals surface area (Å²) in [6, 6.07) is 8.39. The Morgan fingerprint density at radius 1 is 1.03 bits per heavy atom. The summed E-state index contributed by atoms with van der Waals surface area (Å²) in [5.74, 6) is -0.516. The first-order valence-electron chi connectivity index (χ1n) is 9.37. The van der Waals surface area contributed by atoms with Gasteiger partial charge in [0.1, 0.15) is 10.7 Å². The van der Waals surface area contributed by atoms with Gasteiger partial charge >= 0.3 is 0 Å². The molecule has 0 unspecified atom stereocenters. The van der Waals surface area contributed by atoms with Crippen LogP contribution in [0.2, 0.25) is 5.02 Å². The van der Waals surface area contributed by atoms with Crippen LogP contribution in [0.25, 0.3) is 10.9 Å². The number of nitrogens with zero attached hydrogens (tertiary/aromatic N) is 2. The molecule has 5 nitrogen and oxygen atoms in total. The average Bonchev–Trinajstić information content (AvgIpc) is 2.71. The number of aromatic nitrogens is 1. The van der Waals surface area contributed by atoms with Crippen molar-refractivity contribution in [1.82, 2.24) is 4.57 Å². The van der Waals surface area contributed by atoms with Gasteiger partial charge in [-0.15, -0.1) is 0 Å². The van der Waals surface area contributed by atoms with E-state index >= 15 is 0 Å². The molecule has 0 saturated carbocycles. The first-order valence-corrected chi connectivity index (χ1v) is 11.2. The summed E-state index contributed by atoms with van der Waals surface area (Å²) in [5, 5.41) is 0.434. The summed E-state index contributed by atoms with van der Waals surface area (Å²) in [5.41, 5.74) is 0.227.